The molecule has 0 rings (SSSR count). The van der Waals surface area contributed by atoms with Gasteiger partial charge in [0, 0.05) is 13.2 Å². The van der Waals surface area contributed by atoms with Crippen LogP contribution in [0, 0.1) is 5.92 Å². The van der Waals surface area contributed by atoms with Gasteiger partial charge in [0.2, 0.25) is 0 Å². The number of nitrogens with one attached hydrogen (secondary N) is 1. The smallest absolute Gasteiger partial charge is 0.0506 e. The number of rotatable bonds is 8. The highest BCUT2D eigenvalue weighted by atomic mass is 16.5. The molecule has 1 N–H and O–H groups in total. The fourth-order valence-corrected chi connectivity index (χ4v) is 1.09. The molecule has 12 heavy (non-hydrogen) atoms. The van der Waals surface area contributed by atoms with Crippen LogP contribution >= 0.6 is 0 Å². The average molecular weight is 173 g/mol. The van der Waals surface area contributed by atoms with Crippen LogP contribution in [0.3, 0.4) is 0 Å². The van der Waals surface area contributed by atoms with Crippen LogP contribution in [0.25, 0.3) is 0 Å². The van der Waals surface area contributed by atoms with Crippen molar-refractivity contribution in [2.24, 2.45) is 5.92 Å². The van der Waals surface area contributed by atoms with E-state index >= 15 is 0 Å². The molecular weight excluding hydrogens is 150 g/mol. The molecule has 0 radical (unpaired) electrons. The van der Waals surface area contributed by atoms with Crippen LogP contribution in [0.15, 0.2) is 0 Å². The predicted octanol–water partition coefficient (Wildman–Crippen LogP) is 2.05. The molecule has 0 aliphatic rings. The average Bonchev–Trinajstić information content (AvgIpc) is 2.11. The summed E-state index contributed by atoms with van der Waals surface area (Å²) in [6.07, 6.45) is 2.42. The molecule has 0 bridgehead atoms. The number of ether oxygens (including phenoxy) is 1. The first-order valence-corrected chi connectivity index (χ1v) is 5.13. The summed E-state index contributed by atoms with van der Waals surface area (Å²) in [6, 6.07) is 0. The second-order valence-corrected chi connectivity index (χ2v) is 3.14. The van der Waals surface area contributed by atoms with E-state index in [1.165, 1.54) is 12.8 Å². The molecule has 74 valence electrons. The molecule has 0 fully saturated rings. The van der Waals surface area contributed by atoms with E-state index in [0.717, 1.165) is 26.3 Å². The molecule has 0 aliphatic carbocycles. The van der Waals surface area contributed by atoms with Crippen LogP contribution in [0.2, 0.25) is 0 Å². The second kappa shape index (κ2) is 9.01. The standard InChI is InChI=1S/C10H23NO/c1-4-7-11-8-10(5-2)9-12-6-3/h10-11H,4-9H2,1-3H3. The first-order chi connectivity index (χ1) is 5.85. The van der Waals surface area contributed by atoms with E-state index in [4.69, 9.17) is 4.74 Å². The third-order valence-corrected chi connectivity index (χ3v) is 1.99. The Labute approximate surface area is 76.7 Å². The first kappa shape index (κ1) is 11.9. The van der Waals surface area contributed by atoms with E-state index in [9.17, 15) is 0 Å². The second-order valence-electron chi connectivity index (χ2n) is 3.14. The minimum absolute atomic E-state index is 0.691. The zero-order valence-electron chi connectivity index (χ0n) is 8.73. The van der Waals surface area contributed by atoms with Crippen molar-refractivity contribution < 1.29 is 4.74 Å². The Morgan fingerprint density at radius 3 is 2.50 bits per heavy atom. The lowest BCUT2D eigenvalue weighted by atomic mass is 10.1. The van der Waals surface area contributed by atoms with Crippen molar-refractivity contribution in [2.75, 3.05) is 26.3 Å². The van der Waals surface area contributed by atoms with E-state index in [1.54, 1.807) is 0 Å². The van der Waals surface area contributed by atoms with Crippen LogP contribution in [0.1, 0.15) is 33.6 Å². The molecule has 2 heteroatoms. The maximum absolute atomic E-state index is 5.38. The molecule has 0 aliphatic heterocycles. The van der Waals surface area contributed by atoms with E-state index in [0.29, 0.717) is 5.92 Å². The number of hydrogen-bond donors (Lipinski definition) is 1. The largest absolute Gasteiger partial charge is 0.381 e. The van der Waals surface area contributed by atoms with Gasteiger partial charge in [-0.2, -0.15) is 0 Å². The van der Waals surface area contributed by atoms with Crippen molar-refractivity contribution >= 4 is 0 Å². The summed E-state index contributed by atoms with van der Waals surface area (Å²) >= 11 is 0. The van der Waals surface area contributed by atoms with Gasteiger partial charge in [-0.05, 0) is 32.2 Å². The minimum atomic E-state index is 0.691. The van der Waals surface area contributed by atoms with Crippen molar-refractivity contribution in [3.05, 3.63) is 0 Å². The quantitative estimate of drug-likeness (QED) is 0.567. The SMILES string of the molecule is CCCNCC(CC)COCC. The molecular formula is C10H23NO. The molecule has 2 nitrogen and oxygen atoms in total. The van der Waals surface area contributed by atoms with Crippen LogP contribution in [0.4, 0.5) is 0 Å². The van der Waals surface area contributed by atoms with Gasteiger partial charge in [0.1, 0.15) is 0 Å². The van der Waals surface area contributed by atoms with E-state index < -0.39 is 0 Å². The normalized spacial score (nSPS) is 13.2. The third kappa shape index (κ3) is 6.62. The first-order valence-electron chi connectivity index (χ1n) is 5.13. The molecule has 0 heterocycles. The van der Waals surface area contributed by atoms with Gasteiger partial charge in [0.15, 0.2) is 0 Å². The van der Waals surface area contributed by atoms with Crippen molar-refractivity contribution in [1.29, 1.82) is 0 Å². The van der Waals surface area contributed by atoms with E-state index in [-0.39, 0.29) is 0 Å². The highest BCUT2D eigenvalue weighted by molar-refractivity contribution is 4.59. The fourth-order valence-electron chi connectivity index (χ4n) is 1.09. The van der Waals surface area contributed by atoms with Crippen molar-refractivity contribution in [1.82, 2.24) is 5.32 Å². The van der Waals surface area contributed by atoms with Gasteiger partial charge in [-0.1, -0.05) is 13.8 Å². The maximum Gasteiger partial charge on any atom is 0.0506 e. The molecule has 0 saturated heterocycles. The van der Waals surface area contributed by atoms with Gasteiger partial charge in [-0.25, -0.2) is 0 Å². The van der Waals surface area contributed by atoms with Gasteiger partial charge in [0.05, 0.1) is 6.61 Å². The van der Waals surface area contributed by atoms with Gasteiger partial charge in [-0.15, -0.1) is 0 Å². The van der Waals surface area contributed by atoms with Gasteiger partial charge < -0.3 is 10.1 Å². The van der Waals surface area contributed by atoms with Crippen molar-refractivity contribution in [3.8, 4) is 0 Å². The van der Waals surface area contributed by atoms with E-state index in [2.05, 4.69) is 19.2 Å². The van der Waals surface area contributed by atoms with Crippen molar-refractivity contribution in [3.63, 3.8) is 0 Å². The monoisotopic (exact) mass is 173 g/mol. The summed E-state index contributed by atoms with van der Waals surface area (Å²) in [4.78, 5) is 0. The topological polar surface area (TPSA) is 21.3 Å². The Morgan fingerprint density at radius 1 is 1.25 bits per heavy atom. The fraction of sp³-hybridized carbons (Fsp3) is 1.00. The summed E-state index contributed by atoms with van der Waals surface area (Å²) in [7, 11) is 0. The summed E-state index contributed by atoms with van der Waals surface area (Å²) in [6.45, 7) is 10.4. The molecule has 0 amide bonds. The molecule has 0 spiro atoms. The lowest BCUT2D eigenvalue weighted by Crippen LogP contribution is -2.26. The molecule has 0 aromatic carbocycles. The van der Waals surface area contributed by atoms with E-state index in [1.807, 2.05) is 6.92 Å². The van der Waals surface area contributed by atoms with Crippen LogP contribution in [0.5, 0.6) is 0 Å². The third-order valence-electron chi connectivity index (χ3n) is 1.99. The Bertz CT molecular complexity index is 85.9. The summed E-state index contributed by atoms with van der Waals surface area (Å²) in [5.74, 6) is 0.691. The lowest BCUT2D eigenvalue weighted by molar-refractivity contribution is 0.108. The zero-order valence-corrected chi connectivity index (χ0v) is 8.73. The summed E-state index contributed by atoms with van der Waals surface area (Å²) in [5, 5.41) is 3.41. The Morgan fingerprint density at radius 2 is 2.00 bits per heavy atom. The van der Waals surface area contributed by atoms with Crippen molar-refractivity contribution in [2.45, 2.75) is 33.6 Å². The summed E-state index contributed by atoms with van der Waals surface area (Å²) in [5.41, 5.74) is 0. The molecule has 1 atom stereocenters. The van der Waals surface area contributed by atoms with Crippen LogP contribution in [-0.4, -0.2) is 26.3 Å². The predicted molar refractivity (Wildman–Crippen MR) is 53.4 cm³/mol. The van der Waals surface area contributed by atoms with Gasteiger partial charge in [-0.3, -0.25) is 0 Å². The molecule has 0 aromatic rings. The highest BCUT2D eigenvalue weighted by Gasteiger charge is 2.04. The van der Waals surface area contributed by atoms with Crippen LogP contribution in [-0.2, 0) is 4.74 Å². The maximum atomic E-state index is 5.38. The molecule has 0 saturated carbocycles. The van der Waals surface area contributed by atoms with Crippen LogP contribution < -0.4 is 5.32 Å². The molecule has 1 unspecified atom stereocenters. The lowest BCUT2D eigenvalue weighted by Gasteiger charge is -2.14. The van der Waals surface area contributed by atoms with Gasteiger partial charge >= 0.3 is 0 Å². The van der Waals surface area contributed by atoms with Gasteiger partial charge in [0.25, 0.3) is 0 Å². The molecule has 0 aromatic heterocycles. The Kier molecular flexibility index (Phi) is 8.95. The Balaban J connectivity index is 3.26. The number of hydrogen-bond acceptors (Lipinski definition) is 2. The minimum Gasteiger partial charge on any atom is -0.381 e. The summed E-state index contributed by atoms with van der Waals surface area (Å²) < 4.78 is 5.38. The highest BCUT2D eigenvalue weighted by Crippen LogP contribution is 2.01. The Hall–Kier alpha value is -0.0800. The zero-order chi connectivity index (χ0) is 9.23.